The zero-order valence-corrected chi connectivity index (χ0v) is 24.2. The van der Waals surface area contributed by atoms with Crippen molar-refractivity contribution in [3.05, 3.63) is 168 Å². The van der Waals surface area contributed by atoms with Crippen molar-refractivity contribution in [2.75, 3.05) is 0 Å². The molecule has 4 heteroatoms. The zero-order valence-electron chi connectivity index (χ0n) is 22.8. The average molecular weight is 525 g/mol. The van der Waals surface area contributed by atoms with Crippen LogP contribution in [-0.4, -0.2) is 26.4 Å². The van der Waals surface area contributed by atoms with Crippen LogP contribution in [0.1, 0.15) is 40.9 Å². The van der Waals surface area contributed by atoms with Crippen LogP contribution in [0.5, 0.6) is 0 Å². The first-order valence-electron chi connectivity index (χ1n) is 14.2. The molecule has 1 aromatic heterocycles. The highest BCUT2D eigenvalue weighted by Gasteiger charge is 2.19. The summed E-state index contributed by atoms with van der Waals surface area (Å²) in [4.78, 5) is 4.80. The van der Waals surface area contributed by atoms with Crippen molar-refractivity contribution in [3.63, 3.8) is 0 Å². The number of allylic oxidation sites excluding steroid dienone is 2. The molecule has 0 aliphatic rings. The molecule has 0 saturated carbocycles. The van der Waals surface area contributed by atoms with E-state index in [9.17, 15) is 0 Å². The summed E-state index contributed by atoms with van der Waals surface area (Å²) >= 11 is 0. The van der Waals surface area contributed by atoms with Crippen molar-refractivity contribution in [2.24, 2.45) is 5.92 Å². The van der Waals surface area contributed by atoms with Gasteiger partial charge in [0.2, 0.25) is 7.28 Å². The molecular weight excluding hydrogens is 487 g/mol. The molecule has 1 atom stereocenters. The molecule has 1 heterocycles. The monoisotopic (exact) mass is 524 g/mol. The highest BCUT2D eigenvalue weighted by atomic mass is 28.2. The highest BCUT2D eigenvalue weighted by Crippen LogP contribution is 2.27. The summed E-state index contributed by atoms with van der Waals surface area (Å²) in [5, 5.41) is 0. The fourth-order valence-corrected chi connectivity index (χ4v) is 7.20. The molecule has 0 radical (unpaired) electrons. The third-order valence-corrected chi connectivity index (χ3v) is 9.72. The maximum atomic E-state index is 4.80. The van der Waals surface area contributed by atoms with Gasteiger partial charge in [-0.2, -0.15) is 0 Å². The van der Waals surface area contributed by atoms with Crippen molar-refractivity contribution in [1.82, 2.24) is 9.55 Å². The van der Waals surface area contributed by atoms with E-state index in [0.717, 1.165) is 13.4 Å². The Labute approximate surface area is 236 Å². The van der Waals surface area contributed by atoms with E-state index in [1.54, 1.807) is 0 Å². The molecule has 194 valence electrons. The van der Waals surface area contributed by atoms with Gasteiger partial charge in [0, 0.05) is 34.0 Å². The van der Waals surface area contributed by atoms with Gasteiger partial charge in [-0.25, -0.2) is 0 Å². The number of aromatic nitrogens is 2. The topological polar surface area (TPSA) is 17.8 Å². The molecule has 0 saturated heterocycles. The smallest absolute Gasteiger partial charge is 0.217 e. The molecule has 2 nitrogen and oxygen atoms in total. The van der Waals surface area contributed by atoms with E-state index in [2.05, 4.69) is 151 Å². The zero-order chi connectivity index (χ0) is 26.7. The number of rotatable bonds is 12. The molecule has 5 rings (SSSR count). The molecule has 0 N–H and O–H groups in total. The number of hydrogen-bond acceptors (Lipinski definition) is 1. The van der Waals surface area contributed by atoms with Gasteiger partial charge in [-0.05, 0) is 34.0 Å². The molecule has 0 spiro atoms. The van der Waals surface area contributed by atoms with E-state index < -0.39 is 0 Å². The molecule has 0 fully saturated rings. The summed E-state index contributed by atoms with van der Waals surface area (Å²) in [6.07, 6.45) is 10.1. The van der Waals surface area contributed by atoms with Crippen molar-refractivity contribution in [1.29, 1.82) is 0 Å². The van der Waals surface area contributed by atoms with E-state index in [0.29, 0.717) is 17.7 Å². The summed E-state index contributed by atoms with van der Waals surface area (Å²) < 4.78 is 2.41. The molecule has 0 aliphatic carbocycles. The van der Waals surface area contributed by atoms with Gasteiger partial charge in [-0.15, -0.1) is 0 Å². The van der Waals surface area contributed by atoms with Crippen LogP contribution in [0, 0.1) is 5.92 Å². The minimum atomic E-state index is -0.285. The summed E-state index contributed by atoms with van der Waals surface area (Å²) in [5.41, 5.74) is 6.58. The second-order valence-corrected chi connectivity index (χ2v) is 12.2. The minimum absolute atomic E-state index is 0.285. The molecule has 0 bridgehead atoms. The fraction of sp³-hybridized carbons (Fsp3) is 0.171. The Balaban J connectivity index is 1.22. The Morgan fingerprint density at radius 2 is 1.18 bits per heavy atom. The first-order chi connectivity index (χ1) is 19.3. The number of benzene rings is 4. The van der Waals surface area contributed by atoms with E-state index >= 15 is 0 Å². The van der Waals surface area contributed by atoms with Gasteiger partial charge in [0.05, 0.1) is 5.72 Å². The van der Waals surface area contributed by atoms with Gasteiger partial charge in [0.1, 0.15) is 0 Å². The lowest BCUT2D eigenvalue weighted by Gasteiger charge is -2.18. The standard InChI is InChI=1S/C35H37BN2Si/c1-28(22-23-33(29-14-6-2-7-15-29)30-16-8-3-9-17-30)26-39-27-38-25-24-37-35(38)36-34(31-18-10-4-11-19-31)32-20-12-5-13-21-32/h2-25,28,33-34,36H,26-27,39H2,1H3. The average Bonchev–Trinajstić information content (AvgIpc) is 3.45. The van der Waals surface area contributed by atoms with Gasteiger partial charge in [-0.1, -0.05) is 146 Å². The van der Waals surface area contributed by atoms with Crippen molar-refractivity contribution < 1.29 is 0 Å². The van der Waals surface area contributed by atoms with Crippen LogP contribution in [0.3, 0.4) is 0 Å². The lowest BCUT2D eigenvalue weighted by Crippen LogP contribution is -2.32. The van der Waals surface area contributed by atoms with E-state index in [4.69, 9.17) is 4.98 Å². The second-order valence-electron chi connectivity index (χ2n) is 10.4. The normalized spacial score (nSPS) is 12.6. The second kappa shape index (κ2) is 13.8. The van der Waals surface area contributed by atoms with Crippen LogP contribution in [0.25, 0.3) is 0 Å². The minimum Gasteiger partial charge on any atom is -0.347 e. The third kappa shape index (κ3) is 7.36. The third-order valence-electron chi connectivity index (χ3n) is 7.60. The van der Waals surface area contributed by atoms with Crippen LogP contribution in [-0.2, 0) is 6.17 Å². The van der Waals surface area contributed by atoms with E-state index in [1.807, 2.05) is 6.20 Å². The molecule has 0 aliphatic heterocycles. The Kier molecular flexibility index (Phi) is 9.43. The summed E-state index contributed by atoms with van der Waals surface area (Å²) in [6, 6.07) is 44.7. The van der Waals surface area contributed by atoms with Gasteiger partial charge < -0.3 is 4.57 Å². The predicted molar refractivity (Wildman–Crippen MR) is 170 cm³/mol. The number of imidazole rings is 1. The van der Waals surface area contributed by atoms with Crippen LogP contribution in [0.15, 0.2) is 146 Å². The van der Waals surface area contributed by atoms with E-state index in [-0.39, 0.29) is 9.52 Å². The van der Waals surface area contributed by atoms with Crippen LogP contribution < -0.4 is 5.72 Å². The molecule has 1 unspecified atom stereocenters. The number of nitrogens with zero attached hydrogens (tertiary/aromatic N) is 2. The van der Waals surface area contributed by atoms with Gasteiger partial charge >= 0.3 is 0 Å². The van der Waals surface area contributed by atoms with Crippen molar-refractivity contribution in [2.45, 2.75) is 30.9 Å². The number of hydrogen-bond donors (Lipinski definition) is 0. The lowest BCUT2D eigenvalue weighted by atomic mass is 9.58. The summed E-state index contributed by atoms with van der Waals surface area (Å²) in [5.74, 6) is 1.18. The predicted octanol–water partition coefficient (Wildman–Crippen LogP) is 6.30. The summed E-state index contributed by atoms with van der Waals surface area (Å²) in [6.45, 7) is 2.37. The highest BCUT2D eigenvalue weighted by molar-refractivity contribution is 6.54. The van der Waals surface area contributed by atoms with E-state index in [1.165, 1.54) is 34.0 Å². The van der Waals surface area contributed by atoms with Crippen molar-refractivity contribution >= 4 is 22.5 Å². The summed E-state index contributed by atoms with van der Waals surface area (Å²) in [7, 11) is 0.633. The fourth-order valence-electron chi connectivity index (χ4n) is 5.43. The van der Waals surface area contributed by atoms with Crippen LogP contribution in [0.2, 0.25) is 6.04 Å². The van der Waals surface area contributed by atoms with Gasteiger partial charge in [0.25, 0.3) is 0 Å². The van der Waals surface area contributed by atoms with Crippen LogP contribution in [0.4, 0.5) is 0 Å². The largest absolute Gasteiger partial charge is 0.347 e. The molecular formula is C35H37BN2Si. The Morgan fingerprint density at radius 1 is 0.692 bits per heavy atom. The molecule has 4 aromatic carbocycles. The van der Waals surface area contributed by atoms with Gasteiger partial charge in [-0.3, -0.25) is 4.98 Å². The quantitative estimate of drug-likeness (QED) is 0.138. The molecule has 5 aromatic rings. The van der Waals surface area contributed by atoms with Crippen molar-refractivity contribution in [3.8, 4) is 0 Å². The Hall–Kier alpha value is -3.89. The lowest BCUT2D eigenvalue weighted by molar-refractivity contribution is 0.796. The first kappa shape index (κ1) is 26.7. The first-order valence-corrected chi connectivity index (χ1v) is 16.2. The van der Waals surface area contributed by atoms with Gasteiger partial charge in [0.15, 0.2) is 0 Å². The maximum absolute atomic E-state index is 4.80. The Morgan fingerprint density at radius 3 is 1.69 bits per heavy atom. The Bertz CT molecular complexity index is 1340. The maximum Gasteiger partial charge on any atom is 0.217 e. The molecule has 39 heavy (non-hydrogen) atoms. The SMILES string of the molecule is CC(C=CC(c1ccccc1)c1ccccc1)C[SiH2]Cn1ccnc1BC(c1ccccc1)c1ccccc1. The van der Waals surface area contributed by atoms with Crippen LogP contribution >= 0.6 is 0 Å². The molecule has 0 amide bonds.